The second-order valence-corrected chi connectivity index (χ2v) is 1.77. The highest BCUT2D eigenvalue weighted by Gasteiger charge is 2.42. The number of halogens is 3. The summed E-state index contributed by atoms with van der Waals surface area (Å²) >= 11 is 0. The largest absolute Gasteiger partial charge is 0.465 e. The van der Waals surface area contributed by atoms with Gasteiger partial charge in [0.2, 0.25) is 0 Å². The fraction of sp³-hybridized carbons (Fsp3) is 0.800. The molecule has 6 heteroatoms. The minimum absolute atomic E-state index is 0.109. The van der Waals surface area contributed by atoms with Crippen LogP contribution < -0.4 is 5.73 Å². The van der Waals surface area contributed by atoms with Crippen LogP contribution in [0, 0.1) is 0 Å². The third-order valence-electron chi connectivity index (χ3n) is 0.893. The van der Waals surface area contributed by atoms with Crippen molar-refractivity contribution in [2.24, 2.45) is 5.73 Å². The normalized spacial score (nSPS) is 14.3. The predicted molar refractivity (Wildman–Crippen MR) is 30.7 cm³/mol. The smallest absolute Gasteiger partial charge is 0.414 e. The van der Waals surface area contributed by atoms with Crippen molar-refractivity contribution >= 4 is 5.97 Å². The van der Waals surface area contributed by atoms with Crippen LogP contribution in [0.1, 0.15) is 6.92 Å². The molecule has 0 aromatic heterocycles. The summed E-state index contributed by atoms with van der Waals surface area (Å²) in [6.07, 6.45) is -4.72. The zero-order chi connectivity index (χ0) is 9.07. The van der Waals surface area contributed by atoms with Gasteiger partial charge in [-0.15, -0.1) is 0 Å². The SMILES string of the molecule is CCOC(=O)[C@@H](N)C(F)(F)F. The van der Waals surface area contributed by atoms with E-state index in [1.54, 1.807) is 0 Å². The maximum absolute atomic E-state index is 11.6. The second-order valence-electron chi connectivity index (χ2n) is 1.77. The van der Waals surface area contributed by atoms with Gasteiger partial charge in [0.25, 0.3) is 0 Å². The van der Waals surface area contributed by atoms with E-state index < -0.39 is 18.2 Å². The number of alkyl halides is 3. The minimum Gasteiger partial charge on any atom is -0.465 e. The van der Waals surface area contributed by atoms with Crippen molar-refractivity contribution < 1.29 is 22.7 Å². The molecule has 66 valence electrons. The van der Waals surface area contributed by atoms with Crippen LogP contribution in [0.15, 0.2) is 0 Å². The van der Waals surface area contributed by atoms with Gasteiger partial charge in [-0.2, -0.15) is 13.2 Å². The Kier molecular flexibility index (Phi) is 3.31. The molecule has 0 amide bonds. The molecule has 0 rings (SSSR count). The number of rotatable bonds is 2. The van der Waals surface area contributed by atoms with Crippen molar-refractivity contribution in [2.45, 2.75) is 19.1 Å². The van der Waals surface area contributed by atoms with Crippen LogP contribution >= 0.6 is 0 Å². The summed E-state index contributed by atoms with van der Waals surface area (Å²) in [4.78, 5) is 10.3. The summed E-state index contributed by atoms with van der Waals surface area (Å²) in [7, 11) is 0. The van der Waals surface area contributed by atoms with Crippen molar-refractivity contribution in [2.75, 3.05) is 6.61 Å². The average Bonchev–Trinajstić information content (AvgIpc) is 1.85. The van der Waals surface area contributed by atoms with Crippen molar-refractivity contribution in [3.8, 4) is 0 Å². The molecule has 2 N–H and O–H groups in total. The molecule has 0 aromatic carbocycles. The molecule has 0 aliphatic carbocycles. The zero-order valence-corrected chi connectivity index (χ0v) is 5.81. The van der Waals surface area contributed by atoms with Crippen LogP contribution in [0.3, 0.4) is 0 Å². The molecule has 0 bridgehead atoms. The van der Waals surface area contributed by atoms with Gasteiger partial charge in [0.15, 0.2) is 6.04 Å². The summed E-state index contributed by atoms with van der Waals surface area (Å²) in [5.41, 5.74) is 4.48. The molecule has 0 saturated carbocycles. The third-order valence-corrected chi connectivity index (χ3v) is 0.893. The number of ether oxygens (including phenoxy) is 1. The molecular formula is C5H8F3NO2. The van der Waals surface area contributed by atoms with Crippen LogP contribution in [-0.2, 0) is 9.53 Å². The summed E-state index contributed by atoms with van der Waals surface area (Å²) in [6.45, 7) is 1.30. The van der Waals surface area contributed by atoms with Crippen LogP contribution in [0.25, 0.3) is 0 Å². The Bertz CT molecular complexity index is 145. The minimum atomic E-state index is -4.72. The first-order valence-corrected chi connectivity index (χ1v) is 2.88. The van der Waals surface area contributed by atoms with Gasteiger partial charge >= 0.3 is 12.1 Å². The lowest BCUT2D eigenvalue weighted by molar-refractivity contribution is -0.178. The first-order valence-electron chi connectivity index (χ1n) is 2.88. The monoisotopic (exact) mass is 171 g/mol. The molecule has 11 heavy (non-hydrogen) atoms. The highest BCUT2D eigenvalue weighted by atomic mass is 19.4. The van der Waals surface area contributed by atoms with E-state index in [0.717, 1.165) is 0 Å². The quantitative estimate of drug-likeness (QED) is 0.613. The highest BCUT2D eigenvalue weighted by Crippen LogP contribution is 2.18. The summed E-state index contributed by atoms with van der Waals surface area (Å²) in [5.74, 6) is -1.44. The standard InChI is InChI=1S/C5H8F3NO2/c1-2-11-4(10)3(9)5(6,7)8/h3H,2,9H2,1H3/t3-/m1/s1. The van der Waals surface area contributed by atoms with Crippen LogP contribution in [0.2, 0.25) is 0 Å². The molecule has 0 aliphatic heterocycles. The number of carbonyl (C=O) groups is 1. The van der Waals surface area contributed by atoms with E-state index in [1.807, 2.05) is 0 Å². The van der Waals surface area contributed by atoms with Gasteiger partial charge < -0.3 is 10.5 Å². The van der Waals surface area contributed by atoms with E-state index in [1.165, 1.54) is 6.92 Å². The second kappa shape index (κ2) is 3.56. The Morgan fingerprint density at radius 2 is 2.09 bits per heavy atom. The molecule has 0 spiro atoms. The fourth-order valence-corrected chi connectivity index (χ4v) is 0.366. The maximum Gasteiger partial charge on any atom is 0.414 e. The van der Waals surface area contributed by atoms with E-state index in [9.17, 15) is 18.0 Å². The van der Waals surface area contributed by atoms with E-state index in [2.05, 4.69) is 10.5 Å². The Morgan fingerprint density at radius 1 is 1.64 bits per heavy atom. The van der Waals surface area contributed by atoms with Gasteiger partial charge in [-0.3, -0.25) is 4.79 Å². The molecule has 0 aromatic rings. The fourth-order valence-electron chi connectivity index (χ4n) is 0.366. The Balaban J connectivity index is 4.03. The molecule has 0 aliphatic rings. The van der Waals surface area contributed by atoms with Crippen molar-refractivity contribution in [1.29, 1.82) is 0 Å². The van der Waals surface area contributed by atoms with Crippen molar-refractivity contribution in [1.82, 2.24) is 0 Å². The van der Waals surface area contributed by atoms with E-state index in [-0.39, 0.29) is 6.61 Å². The molecule has 0 heterocycles. The van der Waals surface area contributed by atoms with Gasteiger partial charge in [0.1, 0.15) is 0 Å². The average molecular weight is 171 g/mol. The zero-order valence-electron chi connectivity index (χ0n) is 5.81. The Labute approximate surface area is 61.3 Å². The molecule has 0 unspecified atom stereocenters. The highest BCUT2D eigenvalue weighted by molar-refractivity contribution is 5.76. The van der Waals surface area contributed by atoms with Crippen LogP contribution in [0.5, 0.6) is 0 Å². The molecule has 0 radical (unpaired) electrons. The van der Waals surface area contributed by atoms with E-state index in [0.29, 0.717) is 0 Å². The number of carbonyl (C=O) groups excluding carboxylic acids is 1. The molecule has 0 saturated heterocycles. The summed E-state index contributed by atoms with van der Waals surface area (Å²) in [6, 6.07) is -2.53. The number of hydrogen-bond donors (Lipinski definition) is 1. The third kappa shape index (κ3) is 3.22. The lowest BCUT2D eigenvalue weighted by Crippen LogP contribution is -2.45. The van der Waals surface area contributed by atoms with Crippen molar-refractivity contribution in [3.63, 3.8) is 0 Å². The maximum atomic E-state index is 11.6. The Morgan fingerprint density at radius 3 is 2.36 bits per heavy atom. The number of nitrogens with two attached hydrogens (primary N) is 1. The molecule has 1 atom stereocenters. The Hall–Kier alpha value is -0.780. The van der Waals surface area contributed by atoms with E-state index in [4.69, 9.17) is 0 Å². The lowest BCUT2D eigenvalue weighted by atomic mass is 10.3. The molecule has 0 fully saturated rings. The summed E-state index contributed by atoms with van der Waals surface area (Å²) < 4.78 is 38.8. The van der Waals surface area contributed by atoms with Gasteiger partial charge in [-0.1, -0.05) is 0 Å². The van der Waals surface area contributed by atoms with E-state index >= 15 is 0 Å². The summed E-state index contributed by atoms with van der Waals surface area (Å²) in [5, 5.41) is 0. The lowest BCUT2D eigenvalue weighted by Gasteiger charge is -2.13. The van der Waals surface area contributed by atoms with Gasteiger partial charge in [0.05, 0.1) is 6.61 Å². The predicted octanol–water partition coefficient (Wildman–Crippen LogP) is 0.439. The topological polar surface area (TPSA) is 52.3 Å². The first kappa shape index (κ1) is 10.2. The first-order chi connectivity index (χ1) is 4.89. The van der Waals surface area contributed by atoms with Gasteiger partial charge in [0, 0.05) is 0 Å². The number of esters is 1. The van der Waals surface area contributed by atoms with Crippen LogP contribution in [0.4, 0.5) is 13.2 Å². The number of hydrogen-bond acceptors (Lipinski definition) is 3. The van der Waals surface area contributed by atoms with Gasteiger partial charge in [-0.05, 0) is 6.92 Å². The van der Waals surface area contributed by atoms with Gasteiger partial charge in [-0.25, -0.2) is 0 Å². The van der Waals surface area contributed by atoms with Crippen LogP contribution in [-0.4, -0.2) is 24.8 Å². The molecule has 3 nitrogen and oxygen atoms in total. The van der Waals surface area contributed by atoms with Crippen molar-refractivity contribution in [3.05, 3.63) is 0 Å². The molecular weight excluding hydrogens is 163 g/mol.